The lowest BCUT2D eigenvalue weighted by molar-refractivity contribution is 0.0591. The minimum atomic E-state index is -0.486. The highest BCUT2D eigenvalue weighted by molar-refractivity contribution is 5.88. The molecular formula is C15H19N3O3. The van der Waals surface area contributed by atoms with Gasteiger partial charge in [-0.3, -0.25) is 0 Å². The Morgan fingerprint density at radius 3 is 2.24 bits per heavy atom. The fourth-order valence-corrected chi connectivity index (χ4v) is 2.09. The highest BCUT2D eigenvalue weighted by atomic mass is 16.5. The lowest BCUT2D eigenvalue weighted by atomic mass is 9.90. The number of rotatable bonds is 3. The Morgan fingerprint density at radius 2 is 1.76 bits per heavy atom. The zero-order valence-electron chi connectivity index (χ0n) is 12.9. The third-order valence-electron chi connectivity index (χ3n) is 3.08. The Kier molecular flexibility index (Phi) is 3.97. The van der Waals surface area contributed by atoms with Gasteiger partial charge in [0.2, 0.25) is 0 Å². The average Bonchev–Trinajstić information content (AvgIpc) is 2.91. The van der Waals surface area contributed by atoms with Crippen LogP contribution in [0.3, 0.4) is 0 Å². The number of esters is 1. The molecule has 0 saturated heterocycles. The van der Waals surface area contributed by atoms with Gasteiger partial charge in [0.05, 0.1) is 25.6 Å². The number of hydrogen-bond acceptors (Lipinski definition) is 5. The smallest absolute Gasteiger partial charge is 0.360 e. The van der Waals surface area contributed by atoms with Gasteiger partial charge in [0.25, 0.3) is 0 Å². The molecule has 21 heavy (non-hydrogen) atoms. The molecule has 0 bridgehead atoms. The summed E-state index contributed by atoms with van der Waals surface area (Å²) in [6.07, 6.45) is 0. The maximum absolute atomic E-state index is 11.9. The van der Waals surface area contributed by atoms with E-state index in [0.717, 1.165) is 11.4 Å². The van der Waals surface area contributed by atoms with Crippen LogP contribution in [0, 0.1) is 0 Å². The standard InChI is InChI=1S/C15H19N3O3/c1-15(2,3)13-12(14(19)21-5)16-17-18(13)10-6-8-11(20-4)9-7-10/h6-9H,1-5H3. The van der Waals surface area contributed by atoms with E-state index in [1.165, 1.54) is 7.11 Å². The summed E-state index contributed by atoms with van der Waals surface area (Å²) < 4.78 is 11.6. The van der Waals surface area contributed by atoms with Crippen molar-refractivity contribution in [2.45, 2.75) is 26.2 Å². The first-order valence-electron chi connectivity index (χ1n) is 6.57. The number of carbonyl (C=O) groups is 1. The number of nitrogens with zero attached hydrogens (tertiary/aromatic N) is 3. The largest absolute Gasteiger partial charge is 0.497 e. The second kappa shape index (κ2) is 5.55. The Hall–Kier alpha value is -2.37. The monoisotopic (exact) mass is 289 g/mol. The molecule has 1 aromatic heterocycles. The Labute approximate surface area is 123 Å². The predicted octanol–water partition coefficient (Wildman–Crippen LogP) is 2.36. The second-order valence-corrected chi connectivity index (χ2v) is 5.64. The second-order valence-electron chi connectivity index (χ2n) is 5.64. The molecular weight excluding hydrogens is 270 g/mol. The van der Waals surface area contributed by atoms with Gasteiger partial charge in [0, 0.05) is 5.41 Å². The van der Waals surface area contributed by atoms with Crippen LogP contribution in [0.25, 0.3) is 5.69 Å². The quantitative estimate of drug-likeness (QED) is 0.811. The van der Waals surface area contributed by atoms with E-state index in [2.05, 4.69) is 10.3 Å². The summed E-state index contributed by atoms with van der Waals surface area (Å²) in [5, 5.41) is 8.08. The first-order chi connectivity index (χ1) is 9.88. The number of methoxy groups -OCH3 is 2. The first kappa shape index (κ1) is 15.0. The molecule has 0 aliphatic heterocycles. The minimum Gasteiger partial charge on any atom is -0.497 e. The summed E-state index contributed by atoms with van der Waals surface area (Å²) in [5.74, 6) is 0.268. The van der Waals surface area contributed by atoms with Crippen LogP contribution in [0.15, 0.2) is 24.3 Å². The van der Waals surface area contributed by atoms with Gasteiger partial charge in [-0.15, -0.1) is 5.10 Å². The SMILES string of the molecule is COC(=O)c1nnn(-c2ccc(OC)cc2)c1C(C)(C)C. The van der Waals surface area contributed by atoms with Gasteiger partial charge in [-0.2, -0.15) is 0 Å². The fraction of sp³-hybridized carbons (Fsp3) is 0.400. The molecule has 6 nitrogen and oxygen atoms in total. The zero-order valence-corrected chi connectivity index (χ0v) is 12.9. The van der Waals surface area contributed by atoms with Crippen molar-refractivity contribution in [3.8, 4) is 11.4 Å². The summed E-state index contributed by atoms with van der Waals surface area (Å²) in [4.78, 5) is 11.9. The van der Waals surface area contributed by atoms with Gasteiger partial charge in [0.15, 0.2) is 5.69 Å². The Bertz CT molecular complexity index is 639. The van der Waals surface area contributed by atoms with Crippen LogP contribution in [-0.4, -0.2) is 35.2 Å². The van der Waals surface area contributed by atoms with Crippen LogP contribution in [0.4, 0.5) is 0 Å². The Balaban J connectivity index is 2.58. The maximum Gasteiger partial charge on any atom is 0.360 e. The highest BCUT2D eigenvalue weighted by Gasteiger charge is 2.30. The van der Waals surface area contributed by atoms with Crippen LogP contribution >= 0.6 is 0 Å². The van der Waals surface area contributed by atoms with Crippen LogP contribution in [0.2, 0.25) is 0 Å². The fourth-order valence-electron chi connectivity index (χ4n) is 2.09. The van der Waals surface area contributed by atoms with Crippen molar-refractivity contribution in [3.05, 3.63) is 35.7 Å². The number of hydrogen-bond donors (Lipinski definition) is 0. The predicted molar refractivity (Wildman–Crippen MR) is 78.0 cm³/mol. The third-order valence-corrected chi connectivity index (χ3v) is 3.08. The van der Waals surface area contributed by atoms with E-state index in [0.29, 0.717) is 5.69 Å². The number of ether oxygens (including phenoxy) is 2. The average molecular weight is 289 g/mol. The van der Waals surface area contributed by atoms with Crippen LogP contribution in [0.5, 0.6) is 5.75 Å². The van der Waals surface area contributed by atoms with E-state index in [1.54, 1.807) is 11.8 Å². The Morgan fingerprint density at radius 1 is 1.14 bits per heavy atom. The zero-order chi connectivity index (χ0) is 15.6. The molecule has 0 aliphatic rings. The molecule has 0 fully saturated rings. The van der Waals surface area contributed by atoms with Gasteiger partial charge >= 0.3 is 5.97 Å². The topological polar surface area (TPSA) is 66.2 Å². The number of aromatic nitrogens is 3. The normalized spacial score (nSPS) is 11.3. The van der Waals surface area contributed by atoms with E-state index >= 15 is 0 Å². The molecule has 2 rings (SSSR count). The molecule has 0 aliphatic carbocycles. The molecule has 0 spiro atoms. The van der Waals surface area contributed by atoms with Crippen LogP contribution in [-0.2, 0) is 10.2 Å². The van der Waals surface area contributed by atoms with Crippen LogP contribution < -0.4 is 4.74 Å². The molecule has 112 valence electrons. The van der Waals surface area contributed by atoms with Crippen LogP contribution in [0.1, 0.15) is 37.0 Å². The van der Waals surface area contributed by atoms with E-state index in [9.17, 15) is 4.79 Å². The van der Waals surface area contributed by atoms with Gasteiger partial charge in [-0.25, -0.2) is 9.48 Å². The van der Waals surface area contributed by atoms with Crippen molar-refractivity contribution in [1.82, 2.24) is 15.0 Å². The van der Waals surface area contributed by atoms with E-state index in [-0.39, 0.29) is 11.1 Å². The van der Waals surface area contributed by atoms with E-state index < -0.39 is 5.97 Å². The van der Waals surface area contributed by atoms with Crippen molar-refractivity contribution in [1.29, 1.82) is 0 Å². The summed E-state index contributed by atoms with van der Waals surface area (Å²) in [7, 11) is 2.95. The van der Waals surface area contributed by atoms with Crippen molar-refractivity contribution < 1.29 is 14.3 Å². The molecule has 0 unspecified atom stereocenters. The maximum atomic E-state index is 11.9. The molecule has 1 heterocycles. The number of benzene rings is 1. The van der Waals surface area contributed by atoms with Crippen molar-refractivity contribution in [2.24, 2.45) is 0 Å². The summed E-state index contributed by atoms with van der Waals surface area (Å²) >= 11 is 0. The third kappa shape index (κ3) is 2.89. The van der Waals surface area contributed by atoms with Crippen molar-refractivity contribution in [3.63, 3.8) is 0 Å². The van der Waals surface area contributed by atoms with Gasteiger partial charge < -0.3 is 9.47 Å². The molecule has 0 atom stereocenters. The summed E-state index contributed by atoms with van der Waals surface area (Å²) in [6, 6.07) is 7.40. The molecule has 0 radical (unpaired) electrons. The highest BCUT2D eigenvalue weighted by Crippen LogP contribution is 2.28. The first-order valence-corrected chi connectivity index (χ1v) is 6.57. The molecule has 6 heteroatoms. The minimum absolute atomic E-state index is 0.237. The van der Waals surface area contributed by atoms with Crippen molar-refractivity contribution in [2.75, 3.05) is 14.2 Å². The summed E-state index contributed by atoms with van der Waals surface area (Å²) in [6.45, 7) is 5.99. The van der Waals surface area contributed by atoms with E-state index in [1.807, 2.05) is 45.0 Å². The molecule has 1 aromatic carbocycles. The molecule has 2 aromatic rings. The van der Waals surface area contributed by atoms with Gasteiger partial charge in [-0.1, -0.05) is 26.0 Å². The summed E-state index contributed by atoms with van der Waals surface area (Å²) in [5.41, 5.74) is 1.44. The molecule has 0 saturated carbocycles. The molecule has 0 N–H and O–H groups in total. The van der Waals surface area contributed by atoms with Crippen molar-refractivity contribution >= 4 is 5.97 Å². The lowest BCUT2D eigenvalue weighted by Crippen LogP contribution is -2.21. The van der Waals surface area contributed by atoms with Gasteiger partial charge in [0.1, 0.15) is 5.75 Å². The lowest BCUT2D eigenvalue weighted by Gasteiger charge is -2.20. The molecule has 0 amide bonds. The van der Waals surface area contributed by atoms with Gasteiger partial charge in [-0.05, 0) is 24.3 Å². The number of carbonyl (C=O) groups excluding carboxylic acids is 1. The van der Waals surface area contributed by atoms with E-state index in [4.69, 9.17) is 9.47 Å².